The van der Waals surface area contributed by atoms with Gasteiger partial charge in [0.05, 0.1) is 18.7 Å². The molecule has 0 aromatic heterocycles. The van der Waals surface area contributed by atoms with Crippen molar-refractivity contribution in [3.8, 4) is 0 Å². The minimum absolute atomic E-state index is 0.0798. The topological polar surface area (TPSA) is 49.8 Å². The minimum Gasteiger partial charge on any atom is -0.394 e. The summed E-state index contributed by atoms with van der Waals surface area (Å²) in [6.45, 7) is 3.71. The number of aliphatic hydroxyl groups excluding tert-OH is 1. The second-order valence-electron chi connectivity index (χ2n) is 7.95. The lowest BCUT2D eigenvalue weighted by Crippen LogP contribution is -2.56. The molecule has 158 valence electrons. The summed E-state index contributed by atoms with van der Waals surface area (Å²) in [5.41, 5.74) is 1.80. The normalized spacial score (nSPS) is 25.2. The number of carbonyl (C=O) groups is 1. The monoisotopic (exact) mass is 445 g/mol. The van der Waals surface area contributed by atoms with E-state index in [9.17, 15) is 9.90 Å². The van der Waals surface area contributed by atoms with Crippen LogP contribution in [0.15, 0.2) is 61.2 Å². The van der Waals surface area contributed by atoms with Gasteiger partial charge in [0.1, 0.15) is 12.2 Å². The van der Waals surface area contributed by atoms with E-state index in [0.29, 0.717) is 22.4 Å². The molecule has 1 heterocycles. The third-order valence-corrected chi connectivity index (χ3v) is 6.39. The number of amides is 1. The molecule has 30 heavy (non-hydrogen) atoms. The first-order valence-electron chi connectivity index (χ1n) is 10.2. The number of benzene rings is 2. The highest BCUT2D eigenvalue weighted by Crippen LogP contribution is 2.47. The predicted molar refractivity (Wildman–Crippen MR) is 119 cm³/mol. The smallest absolute Gasteiger partial charge is 0.253 e. The molecular weight excluding hydrogens is 421 g/mol. The molecule has 1 N–H and O–H groups in total. The standard InChI is InChI=1S/C24H25Cl2NO3/c1-2-4-21-24(29)27(20(14-28)15-7-8-15)22(16-9-11-18(25)12-10-16)23(30-21)17-5-3-6-19(26)13-17/h2-3,5-6,9-13,15,20-23,28H,1,4,7-8,14H2/t20-,21-,22-,23-/m1/s1. The Morgan fingerprint density at radius 3 is 2.47 bits per heavy atom. The number of carbonyl (C=O) groups excluding carboxylic acids is 1. The van der Waals surface area contributed by atoms with Crippen molar-refractivity contribution >= 4 is 29.1 Å². The van der Waals surface area contributed by atoms with Gasteiger partial charge in [0.15, 0.2) is 0 Å². The van der Waals surface area contributed by atoms with Gasteiger partial charge in [0.2, 0.25) is 0 Å². The number of hydrogen-bond donors (Lipinski definition) is 1. The first-order valence-corrected chi connectivity index (χ1v) is 11.0. The molecule has 2 aromatic carbocycles. The lowest BCUT2D eigenvalue weighted by Gasteiger charge is -2.48. The quantitative estimate of drug-likeness (QED) is 0.584. The molecule has 1 amide bonds. The van der Waals surface area contributed by atoms with Gasteiger partial charge in [-0.15, -0.1) is 6.58 Å². The molecular formula is C24H25Cl2NO3. The Morgan fingerprint density at radius 1 is 1.13 bits per heavy atom. The molecule has 1 aliphatic heterocycles. The van der Waals surface area contributed by atoms with Gasteiger partial charge in [-0.05, 0) is 54.2 Å². The van der Waals surface area contributed by atoms with E-state index in [1.807, 2.05) is 53.4 Å². The molecule has 6 heteroatoms. The van der Waals surface area contributed by atoms with Crippen LogP contribution < -0.4 is 0 Å². The number of hydrogen-bond acceptors (Lipinski definition) is 3. The van der Waals surface area contributed by atoms with Crippen molar-refractivity contribution in [3.63, 3.8) is 0 Å². The molecule has 0 radical (unpaired) electrons. The summed E-state index contributed by atoms with van der Waals surface area (Å²) in [5, 5.41) is 11.5. The summed E-state index contributed by atoms with van der Waals surface area (Å²) in [7, 11) is 0. The Kier molecular flexibility index (Phi) is 6.49. The van der Waals surface area contributed by atoms with Gasteiger partial charge in [-0.2, -0.15) is 0 Å². The van der Waals surface area contributed by atoms with Crippen LogP contribution >= 0.6 is 23.2 Å². The van der Waals surface area contributed by atoms with Crippen molar-refractivity contribution in [2.45, 2.75) is 43.6 Å². The lowest BCUT2D eigenvalue weighted by atomic mass is 9.89. The molecule has 1 aliphatic carbocycles. The third kappa shape index (κ3) is 4.28. The predicted octanol–water partition coefficient (Wildman–Crippen LogP) is 5.35. The highest BCUT2D eigenvalue weighted by molar-refractivity contribution is 6.30. The summed E-state index contributed by atoms with van der Waals surface area (Å²) >= 11 is 12.4. The molecule has 1 saturated carbocycles. The Hall–Kier alpha value is -1.85. The van der Waals surface area contributed by atoms with E-state index in [1.54, 1.807) is 6.08 Å². The largest absolute Gasteiger partial charge is 0.394 e. The fourth-order valence-corrected chi connectivity index (χ4v) is 4.65. The molecule has 4 rings (SSSR count). The van der Waals surface area contributed by atoms with Crippen molar-refractivity contribution in [2.75, 3.05) is 6.61 Å². The Bertz CT molecular complexity index is 913. The van der Waals surface area contributed by atoms with Crippen LogP contribution in [0.1, 0.15) is 42.5 Å². The highest BCUT2D eigenvalue weighted by atomic mass is 35.5. The van der Waals surface area contributed by atoms with Crippen LogP contribution in [0.4, 0.5) is 0 Å². The van der Waals surface area contributed by atoms with Crippen LogP contribution in [0.3, 0.4) is 0 Å². The highest BCUT2D eigenvalue weighted by Gasteiger charge is 2.49. The fourth-order valence-electron chi connectivity index (χ4n) is 4.32. The lowest BCUT2D eigenvalue weighted by molar-refractivity contribution is -0.181. The zero-order chi connectivity index (χ0) is 21.3. The van der Waals surface area contributed by atoms with Gasteiger partial charge in [-0.3, -0.25) is 4.79 Å². The molecule has 0 spiro atoms. The van der Waals surface area contributed by atoms with Crippen molar-refractivity contribution in [3.05, 3.63) is 82.4 Å². The van der Waals surface area contributed by atoms with Gasteiger partial charge in [-0.25, -0.2) is 0 Å². The summed E-state index contributed by atoms with van der Waals surface area (Å²) in [6.07, 6.45) is 3.04. The van der Waals surface area contributed by atoms with Crippen molar-refractivity contribution in [1.82, 2.24) is 4.90 Å². The molecule has 2 aromatic rings. The van der Waals surface area contributed by atoms with Crippen LogP contribution in [0, 0.1) is 5.92 Å². The third-order valence-electron chi connectivity index (χ3n) is 5.91. The molecule has 2 fully saturated rings. The van der Waals surface area contributed by atoms with Gasteiger partial charge in [-0.1, -0.05) is 53.5 Å². The minimum atomic E-state index is -0.650. The number of ether oxygens (including phenoxy) is 1. The maximum absolute atomic E-state index is 13.5. The van der Waals surface area contributed by atoms with Crippen LogP contribution in [0.2, 0.25) is 10.0 Å². The van der Waals surface area contributed by atoms with Crippen LogP contribution in [-0.2, 0) is 9.53 Å². The second-order valence-corrected chi connectivity index (χ2v) is 8.83. The fraction of sp³-hybridized carbons (Fsp3) is 0.375. The van der Waals surface area contributed by atoms with E-state index in [4.69, 9.17) is 27.9 Å². The average Bonchev–Trinajstić information content (AvgIpc) is 3.57. The van der Waals surface area contributed by atoms with Gasteiger partial charge < -0.3 is 14.7 Å². The average molecular weight is 446 g/mol. The van der Waals surface area contributed by atoms with Crippen LogP contribution in [-0.4, -0.2) is 34.7 Å². The van der Waals surface area contributed by atoms with Crippen LogP contribution in [0.25, 0.3) is 0 Å². The molecule has 1 saturated heterocycles. The van der Waals surface area contributed by atoms with E-state index in [1.165, 1.54) is 0 Å². The van der Waals surface area contributed by atoms with Gasteiger partial charge in [0, 0.05) is 16.5 Å². The maximum atomic E-state index is 13.5. The Balaban J connectivity index is 1.84. The first-order chi connectivity index (χ1) is 14.5. The van der Waals surface area contributed by atoms with E-state index < -0.39 is 18.2 Å². The molecule has 4 nitrogen and oxygen atoms in total. The van der Waals surface area contributed by atoms with E-state index in [0.717, 1.165) is 24.0 Å². The number of aliphatic hydroxyl groups is 1. The number of nitrogens with zero attached hydrogens (tertiary/aromatic N) is 1. The van der Waals surface area contributed by atoms with E-state index in [2.05, 4.69) is 6.58 Å². The van der Waals surface area contributed by atoms with E-state index >= 15 is 0 Å². The Labute approximate surface area is 187 Å². The van der Waals surface area contributed by atoms with Crippen molar-refractivity contribution < 1.29 is 14.6 Å². The van der Waals surface area contributed by atoms with Crippen LogP contribution in [0.5, 0.6) is 0 Å². The number of halogens is 2. The molecule has 4 atom stereocenters. The van der Waals surface area contributed by atoms with E-state index in [-0.39, 0.29) is 18.6 Å². The van der Waals surface area contributed by atoms with Gasteiger partial charge in [0.25, 0.3) is 5.91 Å². The van der Waals surface area contributed by atoms with Gasteiger partial charge >= 0.3 is 0 Å². The van der Waals surface area contributed by atoms with Crippen molar-refractivity contribution in [2.24, 2.45) is 5.92 Å². The summed E-state index contributed by atoms with van der Waals surface area (Å²) < 4.78 is 6.37. The zero-order valence-corrected chi connectivity index (χ0v) is 18.1. The zero-order valence-electron chi connectivity index (χ0n) is 16.6. The summed E-state index contributed by atoms with van der Waals surface area (Å²) in [4.78, 5) is 15.4. The van der Waals surface area contributed by atoms with Crippen molar-refractivity contribution in [1.29, 1.82) is 0 Å². The second kappa shape index (κ2) is 9.11. The maximum Gasteiger partial charge on any atom is 0.253 e. The molecule has 2 aliphatic rings. The summed E-state index contributed by atoms with van der Waals surface area (Å²) in [6, 6.07) is 14.4. The molecule has 0 bridgehead atoms. The molecule has 0 unspecified atom stereocenters. The SMILES string of the molecule is C=CC[C@H]1O[C@H](c2cccc(Cl)c2)[C@@H](c2ccc(Cl)cc2)N([C@H](CO)C2CC2)C1=O. The Morgan fingerprint density at radius 2 is 1.87 bits per heavy atom. The summed E-state index contributed by atoms with van der Waals surface area (Å²) in [5.74, 6) is 0.190. The number of rotatable bonds is 7. The first kappa shape index (κ1) is 21.4. The number of morpholine rings is 1.